The van der Waals surface area contributed by atoms with Gasteiger partial charge in [-0.2, -0.15) is 0 Å². The Hall–Kier alpha value is -3.36. The van der Waals surface area contributed by atoms with E-state index < -0.39 is 5.54 Å². The van der Waals surface area contributed by atoms with Crippen LogP contribution in [0.2, 0.25) is 0 Å². The zero-order valence-corrected chi connectivity index (χ0v) is 15.6. The summed E-state index contributed by atoms with van der Waals surface area (Å²) in [6.07, 6.45) is 0. The summed E-state index contributed by atoms with van der Waals surface area (Å²) in [4.78, 5) is 0. The Morgan fingerprint density at radius 2 is 0.929 bits per heavy atom. The van der Waals surface area contributed by atoms with E-state index in [1.165, 1.54) is 16.7 Å². The summed E-state index contributed by atoms with van der Waals surface area (Å²) < 4.78 is 0. The molecule has 0 amide bonds. The fourth-order valence-electron chi connectivity index (χ4n) is 3.72. The highest BCUT2D eigenvalue weighted by Crippen LogP contribution is 2.37. The molecule has 0 unspecified atom stereocenters. The Balaban J connectivity index is 1.86. The molecule has 2 nitrogen and oxygen atoms in total. The molecule has 2 N–H and O–H groups in total. The molecule has 0 aromatic heterocycles. The number of phenols is 1. The third-order valence-electron chi connectivity index (χ3n) is 5.11. The van der Waals surface area contributed by atoms with Gasteiger partial charge in [0.1, 0.15) is 5.75 Å². The van der Waals surface area contributed by atoms with Crippen molar-refractivity contribution in [3.05, 3.63) is 138 Å². The summed E-state index contributed by atoms with van der Waals surface area (Å²) in [5.74, 6) is 0.282. The SMILES string of the molecule is Oc1ccc(CNC(c2ccccc2)(c2ccccc2)c2ccccc2)cc1. The summed E-state index contributed by atoms with van der Waals surface area (Å²) in [7, 11) is 0. The average Bonchev–Trinajstić information content (AvgIpc) is 2.78. The van der Waals surface area contributed by atoms with Crippen molar-refractivity contribution < 1.29 is 5.11 Å². The van der Waals surface area contributed by atoms with Crippen LogP contribution < -0.4 is 5.32 Å². The molecule has 0 fully saturated rings. The van der Waals surface area contributed by atoms with E-state index in [1.54, 1.807) is 12.1 Å². The molecule has 0 atom stereocenters. The van der Waals surface area contributed by atoms with Crippen LogP contribution in [0.15, 0.2) is 115 Å². The minimum atomic E-state index is -0.484. The first-order chi connectivity index (χ1) is 13.8. The Bertz CT molecular complexity index is 900. The fourth-order valence-corrected chi connectivity index (χ4v) is 3.72. The molecular weight excluding hydrogens is 342 g/mol. The first-order valence-electron chi connectivity index (χ1n) is 9.48. The minimum Gasteiger partial charge on any atom is -0.508 e. The highest BCUT2D eigenvalue weighted by molar-refractivity contribution is 5.49. The first kappa shape index (κ1) is 18.0. The molecule has 0 saturated heterocycles. The van der Waals surface area contributed by atoms with E-state index >= 15 is 0 Å². The number of rotatable bonds is 6. The summed E-state index contributed by atoms with van der Waals surface area (Å²) in [6, 6.07) is 39.0. The van der Waals surface area contributed by atoms with Crippen molar-refractivity contribution in [2.24, 2.45) is 0 Å². The largest absolute Gasteiger partial charge is 0.508 e. The van der Waals surface area contributed by atoms with Gasteiger partial charge in [0.2, 0.25) is 0 Å². The number of phenolic OH excluding ortho intramolecular Hbond substituents is 1. The van der Waals surface area contributed by atoms with Crippen LogP contribution in [0.4, 0.5) is 0 Å². The normalized spacial score (nSPS) is 11.3. The molecule has 0 spiro atoms. The molecule has 0 aliphatic heterocycles. The molecule has 0 saturated carbocycles. The van der Waals surface area contributed by atoms with Crippen LogP contribution in [-0.4, -0.2) is 5.11 Å². The van der Waals surface area contributed by atoms with Crippen molar-refractivity contribution in [2.75, 3.05) is 0 Å². The predicted molar refractivity (Wildman–Crippen MR) is 114 cm³/mol. The highest BCUT2D eigenvalue weighted by atomic mass is 16.3. The summed E-state index contributed by atoms with van der Waals surface area (Å²) in [6.45, 7) is 0.666. The molecule has 28 heavy (non-hydrogen) atoms. The van der Waals surface area contributed by atoms with Gasteiger partial charge in [-0.25, -0.2) is 0 Å². The quantitative estimate of drug-likeness (QED) is 0.444. The maximum atomic E-state index is 9.60. The Kier molecular flexibility index (Phi) is 5.22. The van der Waals surface area contributed by atoms with Gasteiger partial charge in [-0.05, 0) is 34.4 Å². The van der Waals surface area contributed by atoms with Gasteiger partial charge in [-0.15, -0.1) is 0 Å². The van der Waals surface area contributed by atoms with Crippen LogP contribution in [0.5, 0.6) is 5.75 Å². The van der Waals surface area contributed by atoms with Gasteiger partial charge in [-0.1, -0.05) is 103 Å². The van der Waals surface area contributed by atoms with E-state index in [1.807, 2.05) is 30.3 Å². The van der Waals surface area contributed by atoms with Crippen LogP contribution in [-0.2, 0) is 12.1 Å². The van der Waals surface area contributed by atoms with Crippen molar-refractivity contribution in [2.45, 2.75) is 12.1 Å². The van der Waals surface area contributed by atoms with Crippen molar-refractivity contribution in [3.8, 4) is 5.75 Å². The van der Waals surface area contributed by atoms with E-state index in [-0.39, 0.29) is 5.75 Å². The molecule has 4 aromatic rings. The number of hydrogen-bond donors (Lipinski definition) is 2. The number of hydrogen-bond acceptors (Lipinski definition) is 2. The Morgan fingerprint density at radius 1 is 0.536 bits per heavy atom. The van der Waals surface area contributed by atoms with Gasteiger partial charge in [0.05, 0.1) is 5.54 Å². The molecule has 0 aliphatic rings. The van der Waals surface area contributed by atoms with Crippen LogP contribution >= 0.6 is 0 Å². The van der Waals surface area contributed by atoms with E-state index in [4.69, 9.17) is 0 Å². The molecular formula is C26H23NO. The van der Waals surface area contributed by atoms with E-state index in [0.29, 0.717) is 6.54 Å². The molecule has 0 aliphatic carbocycles. The molecule has 4 rings (SSSR count). The maximum absolute atomic E-state index is 9.60. The second kappa shape index (κ2) is 8.12. The average molecular weight is 365 g/mol. The Labute approximate surface area is 166 Å². The van der Waals surface area contributed by atoms with E-state index in [9.17, 15) is 5.11 Å². The molecule has 0 radical (unpaired) electrons. The zero-order chi connectivity index (χ0) is 19.2. The zero-order valence-electron chi connectivity index (χ0n) is 15.6. The van der Waals surface area contributed by atoms with Crippen LogP contribution in [0.25, 0.3) is 0 Å². The molecule has 138 valence electrons. The van der Waals surface area contributed by atoms with Gasteiger partial charge >= 0.3 is 0 Å². The number of benzene rings is 4. The number of nitrogens with one attached hydrogen (secondary N) is 1. The molecule has 0 bridgehead atoms. The van der Waals surface area contributed by atoms with Gasteiger partial charge in [0.25, 0.3) is 0 Å². The van der Waals surface area contributed by atoms with Gasteiger partial charge in [-0.3, -0.25) is 5.32 Å². The lowest BCUT2D eigenvalue weighted by molar-refractivity contribution is 0.466. The van der Waals surface area contributed by atoms with E-state index in [0.717, 1.165) is 5.56 Å². The topological polar surface area (TPSA) is 32.3 Å². The third-order valence-corrected chi connectivity index (χ3v) is 5.11. The third kappa shape index (κ3) is 3.55. The Morgan fingerprint density at radius 3 is 1.32 bits per heavy atom. The smallest absolute Gasteiger partial charge is 0.115 e. The lowest BCUT2D eigenvalue weighted by Crippen LogP contribution is -2.44. The number of aromatic hydroxyl groups is 1. The van der Waals surface area contributed by atoms with Crippen LogP contribution in [0, 0.1) is 0 Å². The van der Waals surface area contributed by atoms with Gasteiger partial charge in [0, 0.05) is 6.54 Å². The van der Waals surface area contributed by atoms with Crippen LogP contribution in [0.3, 0.4) is 0 Å². The fraction of sp³-hybridized carbons (Fsp3) is 0.0769. The van der Waals surface area contributed by atoms with Crippen molar-refractivity contribution in [1.29, 1.82) is 0 Å². The standard InChI is InChI=1S/C26H23NO/c28-25-18-16-21(17-19-25)20-27-26(22-10-4-1-5-11-22,23-12-6-2-7-13-23)24-14-8-3-9-15-24/h1-19,27-28H,20H2. The molecule has 0 heterocycles. The second-order valence-electron chi connectivity index (χ2n) is 6.87. The van der Waals surface area contributed by atoms with Gasteiger partial charge in [0.15, 0.2) is 0 Å². The van der Waals surface area contributed by atoms with Gasteiger partial charge < -0.3 is 5.11 Å². The lowest BCUT2D eigenvalue weighted by Gasteiger charge is -2.37. The lowest BCUT2D eigenvalue weighted by atomic mass is 9.77. The molecule has 2 heteroatoms. The highest BCUT2D eigenvalue weighted by Gasteiger charge is 2.35. The first-order valence-corrected chi connectivity index (χ1v) is 9.48. The summed E-state index contributed by atoms with van der Waals surface area (Å²) in [5, 5.41) is 13.4. The monoisotopic (exact) mass is 365 g/mol. The van der Waals surface area contributed by atoms with E-state index in [2.05, 4.69) is 78.1 Å². The second-order valence-corrected chi connectivity index (χ2v) is 6.87. The molecule has 4 aromatic carbocycles. The summed E-state index contributed by atoms with van der Waals surface area (Å²) in [5.41, 5.74) is 4.19. The minimum absolute atomic E-state index is 0.282. The van der Waals surface area contributed by atoms with Crippen LogP contribution in [0.1, 0.15) is 22.3 Å². The predicted octanol–water partition coefficient (Wildman–Crippen LogP) is 5.47. The van der Waals surface area contributed by atoms with Crippen molar-refractivity contribution in [3.63, 3.8) is 0 Å². The van der Waals surface area contributed by atoms with Crippen molar-refractivity contribution in [1.82, 2.24) is 5.32 Å². The summed E-state index contributed by atoms with van der Waals surface area (Å²) >= 11 is 0. The maximum Gasteiger partial charge on any atom is 0.115 e. The van der Waals surface area contributed by atoms with Crippen molar-refractivity contribution >= 4 is 0 Å².